The zero-order valence-corrected chi connectivity index (χ0v) is 7.20. The summed E-state index contributed by atoms with van der Waals surface area (Å²) >= 11 is 4.08. The molecular weight excluding hydrogens is 172 g/mol. The maximum Gasteiger partial charge on any atom is 0.178 e. The predicted molar refractivity (Wildman–Crippen MR) is 50.1 cm³/mol. The fourth-order valence-corrected chi connectivity index (χ4v) is 1.17. The lowest BCUT2D eigenvalue weighted by molar-refractivity contribution is 0.926. The third-order valence-corrected chi connectivity index (χ3v) is 1.86. The van der Waals surface area contributed by atoms with Gasteiger partial charge in [0.1, 0.15) is 0 Å². The van der Waals surface area contributed by atoms with Crippen LogP contribution < -0.4 is 5.73 Å². The number of pyridine rings is 1. The first kappa shape index (κ1) is 7.42. The SMILES string of the molecule is Nc1cccn2nc(CS)nc12. The molecule has 2 N–H and O–H groups in total. The maximum atomic E-state index is 5.68. The standard InChI is InChI=1S/C7H8N4S/c8-5-2-1-3-11-7(5)9-6(4-12)10-11/h1-3,12H,4,8H2. The molecule has 2 heterocycles. The molecule has 0 aromatic carbocycles. The Morgan fingerprint density at radius 1 is 1.58 bits per heavy atom. The molecule has 12 heavy (non-hydrogen) atoms. The summed E-state index contributed by atoms with van der Waals surface area (Å²) in [5, 5.41) is 4.14. The van der Waals surface area contributed by atoms with Crippen molar-refractivity contribution in [3.8, 4) is 0 Å². The van der Waals surface area contributed by atoms with Gasteiger partial charge in [-0.25, -0.2) is 9.50 Å². The highest BCUT2D eigenvalue weighted by Gasteiger charge is 2.02. The number of thiol groups is 1. The summed E-state index contributed by atoms with van der Waals surface area (Å²) in [4.78, 5) is 4.18. The number of anilines is 1. The molecule has 0 radical (unpaired) electrons. The molecule has 4 nitrogen and oxygen atoms in total. The zero-order valence-electron chi connectivity index (χ0n) is 6.31. The highest BCUT2D eigenvalue weighted by atomic mass is 32.1. The van der Waals surface area contributed by atoms with Crippen molar-refractivity contribution in [3.63, 3.8) is 0 Å². The van der Waals surface area contributed by atoms with Crippen LogP contribution >= 0.6 is 12.6 Å². The third kappa shape index (κ3) is 1.02. The Bertz CT molecular complexity index is 409. The summed E-state index contributed by atoms with van der Waals surface area (Å²) in [7, 11) is 0. The molecule has 0 fully saturated rings. The number of hydrogen-bond acceptors (Lipinski definition) is 4. The van der Waals surface area contributed by atoms with Crippen LogP contribution in [0.2, 0.25) is 0 Å². The van der Waals surface area contributed by atoms with Crippen LogP contribution in [0.3, 0.4) is 0 Å². The minimum Gasteiger partial charge on any atom is -0.396 e. The topological polar surface area (TPSA) is 56.2 Å². The Balaban J connectivity index is 2.74. The van der Waals surface area contributed by atoms with Gasteiger partial charge in [-0.1, -0.05) is 0 Å². The molecule has 0 amide bonds. The first-order chi connectivity index (χ1) is 5.81. The third-order valence-electron chi connectivity index (χ3n) is 1.58. The number of aromatic nitrogens is 3. The van der Waals surface area contributed by atoms with E-state index >= 15 is 0 Å². The Hall–Kier alpha value is -1.23. The number of nitrogen functional groups attached to an aromatic ring is 1. The van der Waals surface area contributed by atoms with Crippen LogP contribution in [-0.4, -0.2) is 14.6 Å². The van der Waals surface area contributed by atoms with Crippen molar-refractivity contribution in [1.82, 2.24) is 14.6 Å². The first-order valence-electron chi connectivity index (χ1n) is 3.52. The van der Waals surface area contributed by atoms with Gasteiger partial charge >= 0.3 is 0 Å². The molecule has 62 valence electrons. The predicted octanol–water partition coefficient (Wildman–Crippen LogP) is 0.741. The minimum atomic E-state index is 0.529. The summed E-state index contributed by atoms with van der Waals surface area (Å²) in [6, 6.07) is 3.63. The number of nitrogens with zero attached hydrogens (tertiary/aromatic N) is 3. The average Bonchev–Trinajstić information content (AvgIpc) is 2.49. The van der Waals surface area contributed by atoms with E-state index in [-0.39, 0.29) is 0 Å². The van der Waals surface area contributed by atoms with Crippen LogP contribution in [-0.2, 0) is 5.75 Å². The molecule has 0 spiro atoms. The quantitative estimate of drug-likeness (QED) is 0.636. The van der Waals surface area contributed by atoms with Gasteiger partial charge in [0.15, 0.2) is 11.5 Å². The molecular formula is C7H8N4S. The van der Waals surface area contributed by atoms with Crippen molar-refractivity contribution in [2.45, 2.75) is 5.75 Å². The minimum absolute atomic E-state index is 0.529. The van der Waals surface area contributed by atoms with E-state index in [4.69, 9.17) is 5.73 Å². The fourth-order valence-electron chi connectivity index (χ4n) is 1.04. The summed E-state index contributed by atoms with van der Waals surface area (Å²) in [6.07, 6.45) is 1.81. The van der Waals surface area contributed by atoms with Crippen LogP contribution in [0.4, 0.5) is 5.69 Å². The molecule has 2 rings (SSSR count). The summed E-state index contributed by atoms with van der Waals surface area (Å²) in [5.74, 6) is 1.22. The number of fused-ring (bicyclic) bond motifs is 1. The molecule has 0 aliphatic heterocycles. The van der Waals surface area contributed by atoms with Gasteiger partial charge < -0.3 is 5.73 Å². The van der Waals surface area contributed by atoms with E-state index in [2.05, 4.69) is 22.7 Å². The van der Waals surface area contributed by atoms with Crippen LogP contribution in [0, 0.1) is 0 Å². The zero-order chi connectivity index (χ0) is 8.55. The highest BCUT2D eigenvalue weighted by molar-refractivity contribution is 7.79. The van der Waals surface area contributed by atoms with Gasteiger partial charge in [-0.05, 0) is 12.1 Å². The van der Waals surface area contributed by atoms with Gasteiger partial charge in [-0.15, -0.1) is 0 Å². The van der Waals surface area contributed by atoms with Gasteiger partial charge in [-0.2, -0.15) is 17.7 Å². The number of nitrogens with two attached hydrogens (primary N) is 1. The summed E-state index contributed by atoms with van der Waals surface area (Å²) in [6.45, 7) is 0. The smallest absolute Gasteiger partial charge is 0.178 e. The first-order valence-corrected chi connectivity index (χ1v) is 4.15. The largest absolute Gasteiger partial charge is 0.396 e. The van der Waals surface area contributed by atoms with E-state index < -0.39 is 0 Å². The van der Waals surface area contributed by atoms with Crippen molar-refractivity contribution in [1.29, 1.82) is 0 Å². The van der Waals surface area contributed by atoms with Crippen LogP contribution in [0.5, 0.6) is 0 Å². The van der Waals surface area contributed by atoms with Crippen molar-refractivity contribution in [3.05, 3.63) is 24.2 Å². The van der Waals surface area contributed by atoms with E-state index in [0.29, 0.717) is 22.9 Å². The Morgan fingerprint density at radius 3 is 3.08 bits per heavy atom. The van der Waals surface area contributed by atoms with Crippen molar-refractivity contribution in [2.75, 3.05) is 5.73 Å². The normalized spacial score (nSPS) is 10.8. The van der Waals surface area contributed by atoms with E-state index in [1.54, 1.807) is 10.6 Å². The van der Waals surface area contributed by atoms with Crippen molar-refractivity contribution >= 4 is 24.0 Å². The monoisotopic (exact) mass is 180 g/mol. The van der Waals surface area contributed by atoms with Crippen LogP contribution in [0.1, 0.15) is 5.82 Å². The van der Waals surface area contributed by atoms with Gasteiger partial charge in [0, 0.05) is 6.20 Å². The van der Waals surface area contributed by atoms with Crippen molar-refractivity contribution < 1.29 is 0 Å². The molecule has 0 saturated heterocycles. The molecule has 0 unspecified atom stereocenters. The van der Waals surface area contributed by atoms with Gasteiger partial charge in [0.2, 0.25) is 0 Å². The lowest BCUT2D eigenvalue weighted by Gasteiger charge is -1.92. The summed E-state index contributed by atoms with van der Waals surface area (Å²) < 4.78 is 1.65. The lowest BCUT2D eigenvalue weighted by Crippen LogP contribution is -1.92. The lowest BCUT2D eigenvalue weighted by atomic mass is 10.4. The molecule has 2 aromatic rings. The number of rotatable bonds is 1. The summed E-state index contributed by atoms with van der Waals surface area (Å²) in [5.41, 5.74) is 7.01. The molecule has 5 heteroatoms. The molecule has 0 aliphatic rings. The Labute approximate surface area is 74.8 Å². The molecule has 0 aliphatic carbocycles. The van der Waals surface area contributed by atoms with E-state index in [0.717, 1.165) is 0 Å². The average molecular weight is 180 g/mol. The Morgan fingerprint density at radius 2 is 2.42 bits per heavy atom. The van der Waals surface area contributed by atoms with Gasteiger partial charge in [0.05, 0.1) is 11.4 Å². The molecule has 0 bridgehead atoms. The van der Waals surface area contributed by atoms with Gasteiger partial charge in [-0.3, -0.25) is 0 Å². The molecule has 0 saturated carbocycles. The Kier molecular flexibility index (Phi) is 1.65. The molecule has 0 atom stereocenters. The van der Waals surface area contributed by atoms with E-state index in [1.165, 1.54) is 0 Å². The second-order valence-corrected chi connectivity index (χ2v) is 2.73. The second kappa shape index (κ2) is 2.67. The number of hydrogen-bond donors (Lipinski definition) is 2. The maximum absolute atomic E-state index is 5.68. The van der Waals surface area contributed by atoms with E-state index in [9.17, 15) is 0 Å². The van der Waals surface area contributed by atoms with E-state index in [1.807, 2.05) is 12.3 Å². The van der Waals surface area contributed by atoms with Crippen molar-refractivity contribution in [2.24, 2.45) is 0 Å². The highest BCUT2D eigenvalue weighted by Crippen LogP contribution is 2.10. The van der Waals surface area contributed by atoms with Gasteiger partial charge in [0.25, 0.3) is 0 Å². The molecule has 2 aromatic heterocycles. The van der Waals surface area contributed by atoms with Crippen LogP contribution in [0.15, 0.2) is 18.3 Å². The second-order valence-electron chi connectivity index (χ2n) is 2.42. The fraction of sp³-hybridized carbons (Fsp3) is 0.143. The van der Waals surface area contributed by atoms with Crippen LogP contribution in [0.25, 0.3) is 5.65 Å².